The highest BCUT2D eigenvalue weighted by Crippen LogP contribution is 2.30. The lowest BCUT2D eigenvalue weighted by atomic mass is 10.0. The van der Waals surface area contributed by atoms with Crippen molar-refractivity contribution in [2.45, 2.75) is 47.1 Å². The van der Waals surface area contributed by atoms with E-state index in [0.29, 0.717) is 6.42 Å². The topological polar surface area (TPSA) is 104 Å². The van der Waals surface area contributed by atoms with Crippen LogP contribution in [0.15, 0.2) is 30.5 Å². The van der Waals surface area contributed by atoms with Crippen molar-refractivity contribution in [1.82, 2.24) is 10.3 Å². The van der Waals surface area contributed by atoms with E-state index in [1.165, 1.54) is 24.9 Å². The van der Waals surface area contributed by atoms with Gasteiger partial charge < -0.3 is 19.5 Å². The maximum absolute atomic E-state index is 12.6. The SMILES string of the molecule is COc1ccnc(C(=O)NCC(=O)OC(C)Cc2ccc(C)cc2C)c1OC(=O)C(C)C. The normalized spacial score (nSPS) is 11.6. The number of hydrogen-bond acceptors (Lipinski definition) is 7. The molecule has 8 nitrogen and oxygen atoms in total. The number of esters is 2. The molecule has 2 aromatic rings. The van der Waals surface area contributed by atoms with Crippen LogP contribution in [0.2, 0.25) is 0 Å². The summed E-state index contributed by atoms with van der Waals surface area (Å²) in [7, 11) is 1.39. The molecule has 0 aliphatic heterocycles. The smallest absolute Gasteiger partial charge is 0.325 e. The molecule has 1 unspecified atom stereocenters. The molecule has 8 heteroatoms. The molecule has 1 N–H and O–H groups in total. The molecular weight excluding hydrogens is 412 g/mol. The van der Waals surface area contributed by atoms with Gasteiger partial charge in [-0.05, 0) is 31.9 Å². The molecule has 172 valence electrons. The lowest BCUT2D eigenvalue weighted by molar-refractivity contribution is -0.146. The van der Waals surface area contributed by atoms with Crippen LogP contribution < -0.4 is 14.8 Å². The Balaban J connectivity index is 1.99. The Labute approximate surface area is 188 Å². The number of aromatic nitrogens is 1. The van der Waals surface area contributed by atoms with Crippen LogP contribution in [0, 0.1) is 19.8 Å². The van der Waals surface area contributed by atoms with Crippen molar-refractivity contribution in [1.29, 1.82) is 0 Å². The van der Waals surface area contributed by atoms with Gasteiger partial charge in [0.15, 0.2) is 11.4 Å². The number of rotatable bonds is 9. The Morgan fingerprint density at radius 2 is 1.81 bits per heavy atom. The second-order valence-electron chi connectivity index (χ2n) is 7.88. The Morgan fingerprint density at radius 3 is 2.44 bits per heavy atom. The molecule has 1 heterocycles. The first kappa shape index (κ1) is 24.8. The molecular formula is C24H30N2O6. The van der Waals surface area contributed by atoms with Crippen molar-refractivity contribution in [2.24, 2.45) is 5.92 Å². The molecule has 0 aliphatic rings. The van der Waals surface area contributed by atoms with Crippen LogP contribution in [0.4, 0.5) is 0 Å². The molecule has 0 radical (unpaired) electrons. The molecule has 2 rings (SSSR count). The van der Waals surface area contributed by atoms with Gasteiger partial charge in [0.25, 0.3) is 5.91 Å². The highest BCUT2D eigenvalue weighted by atomic mass is 16.6. The van der Waals surface area contributed by atoms with Crippen LogP contribution in [-0.2, 0) is 20.7 Å². The summed E-state index contributed by atoms with van der Waals surface area (Å²) in [5.41, 5.74) is 3.24. The van der Waals surface area contributed by atoms with Gasteiger partial charge in [-0.2, -0.15) is 0 Å². The molecule has 0 fully saturated rings. The molecule has 1 aromatic carbocycles. The Bertz CT molecular complexity index is 986. The van der Waals surface area contributed by atoms with Gasteiger partial charge in [0.2, 0.25) is 5.75 Å². The fourth-order valence-electron chi connectivity index (χ4n) is 3.00. The second kappa shape index (κ2) is 11.3. The van der Waals surface area contributed by atoms with E-state index in [2.05, 4.69) is 16.4 Å². The van der Waals surface area contributed by atoms with E-state index in [1.54, 1.807) is 20.8 Å². The summed E-state index contributed by atoms with van der Waals surface area (Å²) in [4.78, 5) is 40.9. The van der Waals surface area contributed by atoms with Gasteiger partial charge in [-0.25, -0.2) is 4.98 Å². The first-order chi connectivity index (χ1) is 15.1. The van der Waals surface area contributed by atoms with Crippen LogP contribution in [0.5, 0.6) is 11.5 Å². The van der Waals surface area contributed by atoms with Crippen molar-refractivity contribution in [2.75, 3.05) is 13.7 Å². The third kappa shape index (κ3) is 6.80. The predicted molar refractivity (Wildman–Crippen MR) is 119 cm³/mol. The second-order valence-corrected chi connectivity index (χ2v) is 7.88. The number of nitrogens with one attached hydrogen (secondary N) is 1. The number of pyridine rings is 1. The highest BCUT2D eigenvalue weighted by molar-refractivity contribution is 5.98. The molecule has 0 spiro atoms. The van der Waals surface area contributed by atoms with Gasteiger partial charge in [0, 0.05) is 18.7 Å². The third-order valence-electron chi connectivity index (χ3n) is 4.71. The van der Waals surface area contributed by atoms with Gasteiger partial charge in [-0.15, -0.1) is 0 Å². The standard InChI is InChI=1S/C24H30N2O6/c1-14(2)24(29)32-22-19(30-6)9-10-25-21(22)23(28)26-13-20(27)31-17(5)12-18-8-7-15(3)11-16(18)4/h7-11,14,17H,12-13H2,1-6H3,(H,26,28). The average Bonchev–Trinajstić information content (AvgIpc) is 2.74. The number of carbonyl (C=O) groups is 3. The summed E-state index contributed by atoms with van der Waals surface area (Å²) in [6, 6.07) is 7.59. The van der Waals surface area contributed by atoms with Crippen LogP contribution in [-0.4, -0.2) is 42.6 Å². The minimum absolute atomic E-state index is 0.0946. The van der Waals surface area contributed by atoms with E-state index in [0.717, 1.165) is 11.1 Å². The zero-order chi connectivity index (χ0) is 23.8. The van der Waals surface area contributed by atoms with Gasteiger partial charge >= 0.3 is 11.9 Å². The summed E-state index contributed by atoms with van der Waals surface area (Å²) in [5, 5.41) is 2.46. The van der Waals surface area contributed by atoms with Gasteiger partial charge in [0.05, 0.1) is 13.0 Å². The average molecular weight is 443 g/mol. The summed E-state index contributed by atoms with van der Waals surface area (Å²) in [6.45, 7) is 8.82. The number of nitrogens with zero attached hydrogens (tertiary/aromatic N) is 1. The molecule has 0 bridgehead atoms. The van der Waals surface area contributed by atoms with Crippen molar-refractivity contribution >= 4 is 17.8 Å². The summed E-state index contributed by atoms with van der Waals surface area (Å²) in [6.07, 6.45) is 1.56. The number of carbonyl (C=O) groups excluding carboxylic acids is 3. The fourth-order valence-corrected chi connectivity index (χ4v) is 3.00. The molecule has 1 atom stereocenters. The lowest BCUT2D eigenvalue weighted by Gasteiger charge is -2.16. The number of aryl methyl sites for hydroxylation is 2. The molecule has 0 saturated carbocycles. The number of ether oxygens (including phenoxy) is 3. The van der Waals surface area contributed by atoms with Crippen LogP contribution in [0.1, 0.15) is 48.0 Å². The minimum Gasteiger partial charge on any atom is -0.493 e. The quantitative estimate of drug-likeness (QED) is 0.595. The molecule has 1 aromatic heterocycles. The van der Waals surface area contributed by atoms with Gasteiger partial charge in [0.1, 0.15) is 12.6 Å². The monoisotopic (exact) mass is 442 g/mol. The maximum atomic E-state index is 12.6. The summed E-state index contributed by atoms with van der Waals surface area (Å²) in [5.74, 6) is -2.13. The summed E-state index contributed by atoms with van der Waals surface area (Å²) < 4.78 is 15.9. The van der Waals surface area contributed by atoms with Gasteiger partial charge in [-0.1, -0.05) is 37.6 Å². The van der Waals surface area contributed by atoms with Crippen LogP contribution >= 0.6 is 0 Å². The number of methoxy groups -OCH3 is 1. The Hall–Kier alpha value is -3.42. The predicted octanol–water partition coefficient (Wildman–Crippen LogP) is 3.17. The van der Waals surface area contributed by atoms with Crippen LogP contribution in [0.3, 0.4) is 0 Å². The largest absolute Gasteiger partial charge is 0.493 e. The van der Waals surface area contributed by atoms with E-state index in [4.69, 9.17) is 14.2 Å². The highest BCUT2D eigenvalue weighted by Gasteiger charge is 2.23. The number of amides is 1. The molecule has 32 heavy (non-hydrogen) atoms. The van der Waals surface area contributed by atoms with E-state index in [9.17, 15) is 14.4 Å². The first-order valence-electron chi connectivity index (χ1n) is 10.4. The van der Waals surface area contributed by atoms with Crippen molar-refractivity contribution < 1.29 is 28.6 Å². The third-order valence-corrected chi connectivity index (χ3v) is 4.71. The molecule has 1 amide bonds. The van der Waals surface area contributed by atoms with Crippen LogP contribution in [0.25, 0.3) is 0 Å². The summed E-state index contributed by atoms with van der Waals surface area (Å²) >= 11 is 0. The molecule has 0 aliphatic carbocycles. The fraction of sp³-hybridized carbons (Fsp3) is 0.417. The van der Waals surface area contributed by atoms with E-state index < -0.39 is 23.8 Å². The van der Waals surface area contributed by atoms with E-state index in [-0.39, 0.29) is 29.8 Å². The van der Waals surface area contributed by atoms with Gasteiger partial charge in [-0.3, -0.25) is 14.4 Å². The van der Waals surface area contributed by atoms with Crippen molar-refractivity contribution in [3.8, 4) is 11.5 Å². The number of hydrogen-bond donors (Lipinski definition) is 1. The Morgan fingerprint density at radius 1 is 1.09 bits per heavy atom. The Kier molecular flexibility index (Phi) is 8.75. The van der Waals surface area contributed by atoms with Crippen molar-refractivity contribution in [3.05, 3.63) is 52.8 Å². The van der Waals surface area contributed by atoms with Crippen molar-refractivity contribution in [3.63, 3.8) is 0 Å². The lowest BCUT2D eigenvalue weighted by Crippen LogP contribution is -2.33. The first-order valence-corrected chi connectivity index (χ1v) is 10.4. The molecule has 0 saturated heterocycles. The zero-order valence-electron chi connectivity index (χ0n) is 19.4. The number of benzene rings is 1. The van der Waals surface area contributed by atoms with E-state index >= 15 is 0 Å². The van der Waals surface area contributed by atoms with E-state index in [1.807, 2.05) is 26.0 Å². The minimum atomic E-state index is -0.686. The zero-order valence-corrected chi connectivity index (χ0v) is 19.4. The maximum Gasteiger partial charge on any atom is 0.325 e.